The first-order valence-corrected chi connectivity index (χ1v) is 8.89. The van der Waals surface area contributed by atoms with E-state index in [9.17, 15) is 4.79 Å². The van der Waals surface area contributed by atoms with Gasteiger partial charge in [0.2, 0.25) is 0 Å². The summed E-state index contributed by atoms with van der Waals surface area (Å²) in [5.74, 6) is 0.0957. The maximum Gasteiger partial charge on any atom is 0.347 e. The molecule has 1 heterocycles. The number of carbonyl (C=O) groups excluding carboxylic acids is 1. The van der Waals surface area contributed by atoms with Gasteiger partial charge in [-0.15, -0.1) is 0 Å². The van der Waals surface area contributed by atoms with E-state index in [1.807, 2.05) is 42.5 Å². The maximum absolute atomic E-state index is 12.7. The Labute approximate surface area is 153 Å². The predicted molar refractivity (Wildman–Crippen MR) is 97.9 cm³/mol. The Kier molecular flexibility index (Phi) is 5.61. The second kappa shape index (κ2) is 7.89. The minimum Gasteiger partial charge on any atom is -0.477 e. The van der Waals surface area contributed by atoms with E-state index in [0.717, 1.165) is 31.5 Å². The molecule has 0 radical (unpaired) electrons. The van der Waals surface area contributed by atoms with Crippen molar-refractivity contribution in [2.75, 3.05) is 13.1 Å². The molecule has 1 N–H and O–H groups in total. The van der Waals surface area contributed by atoms with Crippen molar-refractivity contribution in [1.82, 2.24) is 5.32 Å². The molecule has 0 aliphatic carbocycles. The van der Waals surface area contributed by atoms with Crippen LogP contribution in [0.4, 0.5) is 0 Å². The van der Waals surface area contributed by atoms with Crippen molar-refractivity contribution in [3.8, 4) is 5.75 Å². The third-order valence-corrected chi connectivity index (χ3v) is 4.79. The number of hydrogen-bond acceptors (Lipinski definition) is 4. The monoisotopic (exact) mass is 359 g/mol. The molecule has 1 aliphatic heterocycles. The number of para-hydroxylation sites is 1. The number of halogens is 1. The van der Waals surface area contributed by atoms with Crippen LogP contribution in [0, 0.1) is 0 Å². The van der Waals surface area contributed by atoms with Crippen LogP contribution in [0.1, 0.15) is 25.3 Å². The van der Waals surface area contributed by atoms with Crippen LogP contribution in [0.5, 0.6) is 5.75 Å². The summed E-state index contributed by atoms with van der Waals surface area (Å²) < 4.78 is 11.7. The highest BCUT2D eigenvalue weighted by Gasteiger charge is 2.39. The van der Waals surface area contributed by atoms with Gasteiger partial charge in [0.25, 0.3) is 0 Å². The lowest BCUT2D eigenvalue weighted by Crippen LogP contribution is -2.45. The highest BCUT2D eigenvalue weighted by Crippen LogP contribution is 2.35. The first-order valence-electron chi connectivity index (χ1n) is 8.51. The van der Waals surface area contributed by atoms with Crippen LogP contribution in [0.2, 0.25) is 5.02 Å². The summed E-state index contributed by atoms with van der Waals surface area (Å²) in [5.41, 5.74) is 0.414. The molecule has 2 aromatic carbocycles. The van der Waals surface area contributed by atoms with Crippen LogP contribution >= 0.6 is 11.6 Å². The number of carbonyl (C=O) groups is 1. The first kappa shape index (κ1) is 17.8. The predicted octanol–water partition coefficient (Wildman–Crippen LogP) is 3.93. The fourth-order valence-electron chi connectivity index (χ4n) is 3.08. The highest BCUT2D eigenvalue weighted by atomic mass is 35.5. The van der Waals surface area contributed by atoms with Crippen LogP contribution in [0.3, 0.4) is 0 Å². The van der Waals surface area contributed by atoms with E-state index in [0.29, 0.717) is 10.8 Å². The summed E-state index contributed by atoms with van der Waals surface area (Å²) in [7, 11) is 0. The Bertz CT molecular complexity index is 714. The summed E-state index contributed by atoms with van der Waals surface area (Å²) >= 11 is 6.10. The quantitative estimate of drug-likeness (QED) is 0.822. The topological polar surface area (TPSA) is 47.6 Å². The Morgan fingerprint density at radius 1 is 1.08 bits per heavy atom. The van der Waals surface area contributed by atoms with Crippen LogP contribution in [0.25, 0.3) is 0 Å². The van der Waals surface area contributed by atoms with Crippen molar-refractivity contribution in [2.45, 2.75) is 31.5 Å². The van der Waals surface area contributed by atoms with Crippen LogP contribution < -0.4 is 10.1 Å². The molecule has 4 nitrogen and oxygen atoms in total. The molecule has 3 rings (SSSR count). The fraction of sp³-hybridized carbons (Fsp3) is 0.350. The van der Waals surface area contributed by atoms with Crippen molar-refractivity contribution < 1.29 is 14.3 Å². The molecule has 5 heteroatoms. The largest absolute Gasteiger partial charge is 0.477 e. The number of hydrogen-bond donors (Lipinski definition) is 1. The van der Waals surface area contributed by atoms with Gasteiger partial charge < -0.3 is 14.8 Å². The average molecular weight is 360 g/mol. The van der Waals surface area contributed by atoms with Gasteiger partial charge in [0.15, 0.2) is 6.10 Å². The number of piperidine rings is 1. The van der Waals surface area contributed by atoms with Crippen LogP contribution in [-0.2, 0) is 15.1 Å². The lowest BCUT2D eigenvalue weighted by atomic mass is 9.84. The van der Waals surface area contributed by atoms with Gasteiger partial charge in [0, 0.05) is 12.8 Å². The van der Waals surface area contributed by atoms with Gasteiger partial charge in [-0.05, 0) is 37.7 Å². The zero-order valence-corrected chi connectivity index (χ0v) is 15.0. The molecule has 0 saturated carbocycles. The Morgan fingerprint density at radius 2 is 1.72 bits per heavy atom. The molecule has 0 amide bonds. The van der Waals surface area contributed by atoms with Gasteiger partial charge >= 0.3 is 5.97 Å². The number of ether oxygens (including phenoxy) is 2. The number of benzene rings is 2. The normalized spacial score (nSPS) is 17.5. The van der Waals surface area contributed by atoms with Gasteiger partial charge in [-0.25, -0.2) is 4.79 Å². The van der Waals surface area contributed by atoms with Crippen molar-refractivity contribution >= 4 is 17.6 Å². The van der Waals surface area contributed by atoms with Gasteiger partial charge in [-0.3, -0.25) is 0 Å². The third-order valence-electron chi connectivity index (χ3n) is 4.48. The summed E-state index contributed by atoms with van der Waals surface area (Å²) in [4.78, 5) is 12.7. The second-order valence-electron chi connectivity index (χ2n) is 6.22. The van der Waals surface area contributed by atoms with Gasteiger partial charge in [0.05, 0.1) is 5.02 Å². The van der Waals surface area contributed by atoms with Gasteiger partial charge in [-0.1, -0.05) is 54.1 Å². The molecule has 2 aromatic rings. The molecule has 1 aliphatic rings. The summed E-state index contributed by atoms with van der Waals surface area (Å²) in [6.45, 7) is 3.30. The Hall–Kier alpha value is -2.04. The molecular weight excluding hydrogens is 338 g/mol. The molecule has 1 unspecified atom stereocenters. The molecule has 0 bridgehead atoms. The Balaban J connectivity index is 1.75. The summed E-state index contributed by atoms with van der Waals surface area (Å²) in [6, 6.07) is 17.0. The molecule has 1 saturated heterocycles. The average Bonchev–Trinajstić information content (AvgIpc) is 2.65. The van der Waals surface area contributed by atoms with Crippen molar-refractivity contribution in [3.05, 3.63) is 65.2 Å². The van der Waals surface area contributed by atoms with Crippen LogP contribution in [0.15, 0.2) is 54.6 Å². The zero-order valence-electron chi connectivity index (χ0n) is 14.2. The minimum absolute atomic E-state index is 0.384. The van der Waals surface area contributed by atoms with Crippen molar-refractivity contribution in [3.63, 3.8) is 0 Å². The van der Waals surface area contributed by atoms with Crippen molar-refractivity contribution in [2.24, 2.45) is 0 Å². The molecule has 25 heavy (non-hydrogen) atoms. The summed E-state index contributed by atoms with van der Waals surface area (Å²) in [6.07, 6.45) is 0.735. The van der Waals surface area contributed by atoms with E-state index in [2.05, 4.69) is 5.32 Å². The first-order chi connectivity index (χ1) is 12.1. The highest BCUT2D eigenvalue weighted by molar-refractivity contribution is 6.32. The lowest BCUT2D eigenvalue weighted by Gasteiger charge is -2.38. The number of nitrogens with one attached hydrogen (secondary N) is 1. The van der Waals surface area contributed by atoms with Gasteiger partial charge in [-0.2, -0.15) is 0 Å². The van der Waals surface area contributed by atoms with E-state index in [1.165, 1.54) is 0 Å². The van der Waals surface area contributed by atoms with E-state index in [4.69, 9.17) is 21.1 Å². The van der Waals surface area contributed by atoms with E-state index >= 15 is 0 Å². The van der Waals surface area contributed by atoms with E-state index in [1.54, 1.807) is 19.1 Å². The van der Waals surface area contributed by atoms with Crippen LogP contribution in [-0.4, -0.2) is 25.2 Å². The SMILES string of the molecule is CC(Oc1ccccc1Cl)C(=O)OC1(c2ccccc2)CCNCC1. The summed E-state index contributed by atoms with van der Waals surface area (Å²) in [5, 5.41) is 3.79. The third kappa shape index (κ3) is 4.14. The molecule has 0 spiro atoms. The van der Waals surface area contributed by atoms with E-state index in [-0.39, 0.29) is 5.97 Å². The fourth-order valence-corrected chi connectivity index (χ4v) is 3.26. The Morgan fingerprint density at radius 3 is 2.40 bits per heavy atom. The molecular formula is C20H22ClNO3. The molecule has 132 valence electrons. The molecule has 1 atom stereocenters. The maximum atomic E-state index is 12.7. The number of esters is 1. The second-order valence-corrected chi connectivity index (χ2v) is 6.63. The minimum atomic E-state index is -0.740. The van der Waals surface area contributed by atoms with E-state index < -0.39 is 11.7 Å². The smallest absolute Gasteiger partial charge is 0.347 e. The standard InChI is InChI=1S/C20H22ClNO3/c1-15(24-18-10-6-5-9-17(18)21)19(23)25-20(11-13-22-14-12-20)16-7-3-2-4-8-16/h2-10,15,22H,11-14H2,1H3. The number of rotatable bonds is 5. The molecule has 0 aromatic heterocycles. The lowest BCUT2D eigenvalue weighted by molar-refractivity contribution is -0.172. The zero-order chi connectivity index (χ0) is 17.7. The molecule has 1 fully saturated rings. The van der Waals surface area contributed by atoms with Gasteiger partial charge in [0.1, 0.15) is 11.4 Å². The van der Waals surface area contributed by atoms with Crippen molar-refractivity contribution in [1.29, 1.82) is 0 Å².